The number of halogens is 4. The number of ether oxygens (including phenoxy) is 2. The Morgan fingerprint density at radius 2 is 1.74 bits per heavy atom. The SMILES string of the molecule is C=C1C=CC(Oc2ncc(F)cc2OCC(F)(F)F)=CN1/C(C)=C(\C)C(CC)(CCC)CCC. The van der Waals surface area contributed by atoms with Crippen molar-refractivity contribution in [3.05, 3.63) is 65.7 Å². The van der Waals surface area contributed by atoms with Gasteiger partial charge < -0.3 is 14.4 Å². The van der Waals surface area contributed by atoms with E-state index in [1.54, 1.807) is 18.4 Å². The Morgan fingerprint density at radius 1 is 1.09 bits per heavy atom. The van der Waals surface area contributed by atoms with Crippen LogP contribution in [-0.2, 0) is 0 Å². The van der Waals surface area contributed by atoms with Crippen LogP contribution in [-0.4, -0.2) is 22.7 Å². The van der Waals surface area contributed by atoms with Gasteiger partial charge in [0.2, 0.25) is 0 Å². The molecule has 2 heterocycles. The lowest BCUT2D eigenvalue weighted by molar-refractivity contribution is -0.153. The number of hydrogen-bond acceptors (Lipinski definition) is 4. The van der Waals surface area contributed by atoms with Crippen LogP contribution < -0.4 is 9.47 Å². The number of hydrogen-bond donors (Lipinski definition) is 0. The van der Waals surface area contributed by atoms with Crippen LogP contribution in [0.15, 0.2) is 59.9 Å². The van der Waals surface area contributed by atoms with Gasteiger partial charge in [0.05, 0.1) is 12.4 Å². The molecule has 1 aromatic rings. The second-order valence-electron chi connectivity index (χ2n) is 8.53. The number of pyridine rings is 1. The number of rotatable bonds is 11. The molecule has 0 saturated heterocycles. The van der Waals surface area contributed by atoms with E-state index < -0.39 is 24.3 Å². The summed E-state index contributed by atoms with van der Waals surface area (Å²) in [5, 5.41) is 0. The zero-order valence-corrected chi connectivity index (χ0v) is 20.6. The van der Waals surface area contributed by atoms with Gasteiger partial charge in [0.1, 0.15) is 11.6 Å². The molecule has 8 heteroatoms. The molecule has 188 valence electrons. The van der Waals surface area contributed by atoms with Crippen LogP contribution in [0.1, 0.15) is 66.7 Å². The van der Waals surface area contributed by atoms with E-state index in [-0.39, 0.29) is 11.3 Å². The van der Waals surface area contributed by atoms with Gasteiger partial charge in [0, 0.05) is 17.5 Å². The molecule has 0 radical (unpaired) electrons. The third-order valence-electron chi connectivity index (χ3n) is 6.23. The first-order valence-electron chi connectivity index (χ1n) is 11.5. The molecule has 0 spiro atoms. The second kappa shape index (κ2) is 11.6. The van der Waals surface area contributed by atoms with Gasteiger partial charge in [-0.15, -0.1) is 0 Å². The van der Waals surface area contributed by atoms with Crippen molar-refractivity contribution in [1.29, 1.82) is 0 Å². The van der Waals surface area contributed by atoms with Gasteiger partial charge in [-0.2, -0.15) is 13.2 Å². The second-order valence-corrected chi connectivity index (χ2v) is 8.53. The maximum absolute atomic E-state index is 13.6. The average molecular weight is 483 g/mol. The predicted octanol–water partition coefficient (Wildman–Crippen LogP) is 8.06. The molecule has 0 unspecified atom stereocenters. The highest BCUT2D eigenvalue weighted by Crippen LogP contribution is 2.43. The lowest BCUT2D eigenvalue weighted by Gasteiger charge is -2.38. The monoisotopic (exact) mass is 482 g/mol. The van der Waals surface area contributed by atoms with Gasteiger partial charge in [-0.1, -0.05) is 40.2 Å². The lowest BCUT2D eigenvalue weighted by atomic mass is 9.71. The Hall–Kier alpha value is -2.77. The fourth-order valence-electron chi connectivity index (χ4n) is 4.38. The first-order valence-corrected chi connectivity index (χ1v) is 11.5. The fourth-order valence-corrected chi connectivity index (χ4v) is 4.38. The van der Waals surface area contributed by atoms with Gasteiger partial charge in [-0.3, -0.25) is 0 Å². The molecule has 0 aromatic carbocycles. The van der Waals surface area contributed by atoms with Crippen LogP contribution in [0.3, 0.4) is 0 Å². The van der Waals surface area contributed by atoms with E-state index in [9.17, 15) is 17.6 Å². The summed E-state index contributed by atoms with van der Waals surface area (Å²) in [5.41, 5.74) is 3.07. The van der Waals surface area contributed by atoms with E-state index in [4.69, 9.17) is 9.47 Å². The van der Waals surface area contributed by atoms with E-state index in [2.05, 4.69) is 39.3 Å². The first kappa shape index (κ1) is 27.5. The summed E-state index contributed by atoms with van der Waals surface area (Å²) in [6, 6.07) is 0.818. The molecule has 2 rings (SSSR count). The molecular weight excluding hydrogens is 448 g/mol. The normalized spacial score (nSPS) is 15.3. The van der Waals surface area contributed by atoms with Crippen molar-refractivity contribution in [2.75, 3.05) is 6.61 Å². The first-order chi connectivity index (χ1) is 16.0. The fraction of sp³-hybridized carbons (Fsp3) is 0.500. The molecule has 1 aliphatic heterocycles. The molecule has 0 aliphatic carbocycles. The van der Waals surface area contributed by atoms with Crippen molar-refractivity contribution in [1.82, 2.24) is 9.88 Å². The quantitative estimate of drug-likeness (QED) is 0.299. The summed E-state index contributed by atoms with van der Waals surface area (Å²) in [7, 11) is 0. The van der Waals surface area contributed by atoms with Gasteiger partial charge in [0.15, 0.2) is 12.4 Å². The smallest absolute Gasteiger partial charge is 0.422 e. The van der Waals surface area contributed by atoms with E-state index in [1.807, 2.05) is 11.8 Å². The van der Waals surface area contributed by atoms with Gasteiger partial charge >= 0.3 is 6.18 Å². The van der Waals surface area contributed by atoms with Crippen LogP contribution in [0.2, 0.25) is 0 Å². The van der Waals surface area contributed by atoms with E-state index in [0.717, 1.165) is 55.8 Å². The minimum absolute atomic E-state index is 0.0704. The van der Waals surface area contributed by atoms with Crippen molar-refractivity contribution >= 4 is 0 Å². The molecule has 1 aromatic heterocycles. The van der Waals surface area contributed by atoms with Crippen LogP contribution in [0.25, 0.3) is 0 Å². The topological polar surface area (TPSA) is 34.6 Å². The number of alkyl halides is 3. The van der Waals surface area contributed by atoms with E-state index in [0.29, 0.717) is 5.76 Å². The molecule has 0 N–H and O–H groups in total. The maximum atomic E-state index is 13.6. The molecule has 0 saturated carbocycles. The molecule has 0 atom stereocenters. The molecular formula is C26H34F4N2O2. The maximum Gasteiger partial charge on any atom is 0.422 e. The molecule has 34 heavy (non-hydrogen) atoms. The highest BCUT2D eigenvalue weighted by molar-refractivity contribution is 5.40. The average Bonchev–Trinajstić information content (AvgIpc) is 2.78. The minimum atomic E-state index is -4.58. The number of aromatic nitrogens is 1. The van der Waals surface area contributed by atoms with Crippen LogP contribution in [0.5, 0.6) is 11.6 Å². The van der Waals surface area contributed by atoms with Crippen LogP contribution >= 0.6 is 0 Å². The molecule has 4 nitrogen and oxygen atoms in total. The number of allylic oxidation sites excluding steroid dienone is 4. The molecule has 0 fully saturated rings. The zero-order chi connectivity index (χ0) is 25.5. The van der Waals surface area contributed by atoms with Crippen LogP contribution in [0.4, 0.5) is 17.6 Å². The predicted molar refractivity (Wildman–Crippen MR) is 125 cm³/mol. The van der Waals surface area contributed by atoms with Crippen molar-refractivity contribution < 1.29 is 27.0 Å². The Morgan fingerprint density at radius 3 is 2.29 bits per heavy atom. The largest absolute Gasteiger partial charge is 0.478 e. The van der Waals surface area contributed by atoms with Gasteiger partial charge in [-0.05, 0) is 56.3 Å². The highest BCUT2D eigenvalue weighted by atomic mass is 19.4. The summed E-state index contributed by atoms with van der Waals surface area (Å²) in [4.78, 5) is 5.68. The summed E-state index contributed by atoms with van der Waals surface area (Å²) in [6.45, 7) is 13.3. The Kier molecular flexibility index (Phi) is 9.36. The Labute approximate surface area is 199 Å². The summed E-state index contributed by atoms with van der Waals surface area (Å²) in [5.74, 6) is -1.21. The van der Waals surface area contributed by atoms with Crippen molar-refractivity contribution in [3.63, 3.8) is 0 Å². The Bertz CT molecular complexity index is 958. The third kappa shape index (κ3) is 6.87. The van der Waals surface area contributed by atoms with Crippen LogP contribution in [0, 0.1) is 11.2 Å². The number of nitrogens with zero attached hydrogens (tertiary/aromatic N) is 2. The summed E-state index contributed by atoms with van der Waals surface area (Å²) >= 11 is 0. The van der Waals surface area contributed by atoms with Gasteiger partial charge in [0.25, 0.3) is 5.88 Å². The van der Waals surface area contributed by atoms with Gasteiger partial charge in [-0.25, -0.2) is 9.37 Å². The highest BCUT2D eigenvalue weighted by Gasteiger charge is 2.32. The Balaban J connectivity index is 2.39. The van der Waals surface area contributed by atoms with E-state index >= 15 is 0 Å². The molecule has 0 amide bonds. The molecule has 1 aliphatic rings. The van der Waals surface area contributed by atoms with Crippen molar-refractivity contribution in [2.45, 2.75) is 72.9 Å². The van der Waals surface area contributed by atoms with Crippen molar-refractivity contribution in [3.8, 4) is 11.6 Å². The standard InChI is InChI=1S/C26H34F4N2O2/c1-7-12-25(9-3,13-8-2)19(5)20(6)32-16-22(11-10-18(32)4)34-24-23(14-21(27)15-31-24)33-17-26(28,29)30/h10-11,14-16H,4,7-9,12-13,17H2,1-3,5-6H3/b20-19+. The summed E-state index contributed by atoms with van der Waals surface area (Å²) in [6.07, 6.45) is 6.67. The zero-order valence-electron chi connectivity index (χ0n) is 20.6. The summed E-state index contributed by atoms with van der Waals surface area (Å²) < 4.78 is 61.8. The van der Waals surface area contributed by atoms with Crippen molar-refractivity contribution in [2.24, 2.45) is 5.41 Å². The third-order valence-corrected chi connectivity index (χ3v) is 6.23. The minimum Gasteiger partial charge on any atom is -0.478 e. The molecule has 0 bridgehead atoms. The van der Waals surface area contributed by atoms with E-state index in [1.165, 1.54) is 5.57 Å². The lowest BCUT2D eigenvalue weighted by Crippen LogP contribution is -2.27.